The Morgan fingerprint density at radius 1 is 1.40 bits per heavy atom. The molecular weight excluding hydrogens is 292 g/mol. The molecule has 1 heterocycles. The maximum atomic E-state index is 11.8. The highest BCUT2D eigenvalue weighted by molar-refractivity contribution is 7.98. The van der Waals surface area contributed by atoms with E-state index in [0.717, 1.165) is 49.0 Å². The van der Waals surface area contributed by atoms with E-state index in [0.29, 0.717) is 0 Å². The summed E-state index contributed by atoms with van der Waals surface area (Å²) in [6.45, 7) is 2.58. The number of amides is 1. The molecule has 0 aliphatic carbocycles. The molecule has 1 saturated heterocycles. The van der Waals surface area contributed by atoms with Gasteiger partial charge in [-0.1, -0.05) is 23.7 Å². The van der Waals surface area contributed by atoms with Crippen LogP contribution in [0.2, 0.25) is 5.02 Å². The molecule has 0 aromatic heterocycles. The van der Waals surface area contributed by atoms with Gasteiger partial charge in [-0.3, -0.25) is 4.79 Å². The minimum Gasteiger partial charge on any atom is -0.356 e. The minimum atomic E-state index is 0.178. The van der Waals surface area contributed by atoms with E-state index in [1.54, 1.807) is 0 Å². The average Bonchev–Trinajstić information content (AvgIpc) is 2.98. The first-order valence-electron chi connectivity index (χ1n) is 7.06. The van der Waals surface area contributed by atoms with Crippen LogP contribution in [0, 0.1) is 5.92 Å². The molecule has 1 aromatic carbocycles. The van der Waals surface area contributed by atoms with Gasteiger partial charge in [-0.25, -0.2) is 0 Å². The van der Waals surface area contributed by atoms with Gasteiger partial charge in [0.1, 0.15) is 0 Å². The van der Waals surface area contributed by atoms with Crippen molar-refractivity contribution in [2.75, 3.05) is 25.4 Å². The third-order valence-electron chi connectivity index (χ3n) is 3.38. The van der Waals surface area contributed by atoms with Gasteiger partial charge in [0.25, 0.3) is 0 Å². The van der Waals surface area contributed by atoms with E-state index in [2.05, 4.69) is 22.8 Å². The van der Waals surface area contributed by atoms with Crippen molar-refractivity contribution >= 4 is 29.3 Å². The first-order chi connectivity index (χ1) is 9.75. The predicted molar refractivity (Wildman–Crippen MR) is 86.2 cm³/mol. The van der Waals surface area contributed by atoms with Gasteiger partial charge in [-0.2, -0.15) is 11.8 Å². The van der Waals surface area contributed by atoms with Crippen LogP contribution >= 0.6 is 23.4 Å². The van der Waals surface area contributed by atoms with E-state index in [4.69, 9.17) is 11.6 Å². The highest BCUT2D eigenvalue weighted by Gasteiger charge is 2.21. The molecule has 0 spiro atoms. The summed E-state index contributed by atoms with van der Waals surface area (Å²) in [7, 11) is 0. The Bertz CT molecular complexity index is 418. The molecule has 1 aromatic rings. The molecule has 2 rings (SSSR count). The van der Waals surface area contributed by atoms with Gasteiger partial charge in [-0.15, -0.1) is 0 Å². The molecule has 1 aliphatic heterocycles. The van der Waals surface area contributed by atoms with Crippen LogP contribution in [0.15, 0.2) is 24.3 Å². The second-order valence-electron chi connectivity index (χ2n) is 5.01. The molecule has 110 valence electrons. The van der Waals surface area contributed by atoms with Crippen LogP contribution in [0.4, 0.5) is 0 Å². The summed E-state index contributed by atoms with van der Waals surface area (Å²) in [6.07, 6.45) is 1.99. The van der Waals surface area contributed by atoms with Crippen molar-refractivity contribution in [3.8, 4) is 0 Å². The first kappa shape index (κ1) is 15.7. The lowest BCUT2D eigenvalue weighted by atomic mass is 10.1. The van der Waals surface area contributed by atoms with Gasteiger partial charge >= 0.3 is 0 Å². The topological polar surface area (TPSA) is 41.1 Å². The van der Waals surface area contributed by atoms with Crippen molar-refractivity contribution in [2.24, 2.45) is 5.92 Å². The van der Waals surface area contributed by atoms with Gasteiger partial charge < -0.3 is 10.6 Å². The Kier molecular flexibility index (Phi) is 6.70. The van der Waals surface area contributed by atoms with E-state index in [1.165, 1.54) is 5.56 Å². The summed E-state index contributed by atoms with van der Waals surface area (Å²) in [4.78, 5) is 11.8. The molecule has 3 nitrogen and oxygen atoms in total. The number of thioether (sulfide) groups is 1. The van der Waals surface area contributed by atoms with Crippen molar-refractivity contribution < 1.29 is 4.79 Å². The fourth-order valence-electron chi connectivity index (χ4n) is 2.18. The van der Waals surface area contributed by atoms with Gasteiger partial charge in [0.15, 0.2) is 0 Å². The smallest absolute Gasteiger partial charge is 0.224 e. The van der Waals surface area contributed by atoms with Crippen LogP contribution in [-0.4, -0.2) is 31.3 Å². The monoisotopic (exact) mass is 312 g/mol. The normalized spacial score (nSPS) is 18.1. The molecule has 0 saturated carbocycles. The van der Waals surface area contributed by atoms with E-state index < -0.39 is 0 Å². The van der Waals surface area contributed by atoms with Crippen molar-refractivity contribution in [3.05, 3.63) is 34.9 Å². The number of hydrogen-bond acceptors (Lipinski definition) is 3. The number of halogens is 1. The van der Waals surface area contributed by atoms with E-state index in [9.17, 15) is 4.79 Å². The number of nitrogens with one attached hydrogen (secondary N) is 2. The lowest BCUT2D eigenvalue weighted by Gasteiger charge is -2.09. The van der Waals surface area contributed by atoms with Gasteiger partial charge in [0.05, 0.1) is 5.92 Å². The van der Waals surface area contributed by atoms with Gasteiger partial charge in [0, 0.05) is 23.9 Å². The summed E-state index contributed by atoms with van der Waals surface area (Å²) < 4.78 is 0. The molecular formula is C15H21ClN2OS. The highest BCUT2D eigenvalue weighted by atomic mass is 35.5. The fraction of sp³-hybridized carbons (Fsp3) is 0.533. The number of carbonyl (C=O) groups is 1. The molecule has 0 bridgehead atoms. The van der Waals surface area contributed by atoms with Crippen LogP contribution in [-0.2, 0) is 10.5 Å². The van der Waals surface area contributed by atoms with Crippen LogP contribution < -0.4 is 10.6 Å². The standard InChI is InChI=1S/C15H21ClN2OS/c16-14-4-2-12(3-5-14)11-20-9-1-7-18-15(19)13-6-8-17-10-13/h2-5,13,17H,1,6-11H2,(H,18,19). The summed E-state index contributed by atoms with van der Waals surface area (Å²) in [5, 5.41) is 7.01. The number of carbonyl (C=O) groups excluding carboxylic acids is 1. The van der Waals surface area contributed by atoms with Crippen LogP contribution in [0.25, 0.3) is 0 Å². The van der Waals surface area contributed by atoms with E-state index >= 15 is 0 Å². The second-order valence-corrected chi connectivity index (χ2v) is 6.55. The van der Waals surface area contributed by atoms with Crippen molar-refractivity contribution in [1.82, 2.24) is 10.6 Å². The third kappa shape index (κ3) is 5.35. The maximum absolute atomic E-state index is 11.8. The Morgan fingerprint density at radius 2 is 2.20 bits per heavy atom. The SMILES string of the molecule is O=C(NCCCSCc1ccc(Cl)cc1)C1CCNC1. The minimum absolute atomic E-state index is 0.178. The van der Waals surface area contributed by atoms with Gasteiger partial charge in [0.2, 0.25) is 5.91 Å². The van der Waals surface area contributed by atoms with Crippen molar-refractivity contribution in [2.45, 2.75) is 18.6 Å². The largest absolute Gasteiger partial charge is 0.356 e. The van der Waals surface area contributed by atoms with Crippen molar-refractivity contribution in [3.63, 3.8) is 0 Å². The second kappa shape index (κ2) is 8.55. The third-order valence-corrected chi connectivity index (χ3v) is 4.74. The summed E-state index contributed by atoms with van der Waals surface area (Å²) in [5.74, 6) is 2.44. The molecule has 2 N–H and O–H groups in total. The zero-order chi connectivity index (χ0) is 14.2. The number of hydrogen-bond donors (Lipinski definition) is 2. The lowest BCUT2D eigenvalue weighted by Crippen LogP contribution is -2.32. The quantitative estimate of drug-likeness (QED) is 0.761. The van der Waals surface area contributed by atoms with Crippen LogP contribution in [0.5, 0.6) is 0 Å². The molecule has 1 amide bonds. The number of rotatable bonds is 7. The summed E-state index contributed by atoms with van der Waals surface area (Å²) in [5.41, 5.74) is 1.29. The zero-order valence-corrected chi connectivity index (χ0v) is 13.1. The number of benzene rings is 1. The molecule has 1 atom stereocenters. The Morgan fingerprint density at radius 3 is 2.90 bits per heavy atom. The van der Waals surface area contributed by atoms with E-state index in [-0.39, 0.29) is 11.8 Å². The average molecular weight is 313 g/mol. The van der Waals surface area contributed by atoms with E-state index in [1.807, 2.05) is 23.9 Å². The molecule has 1 unspecified atom stereocenters. The fourth-order valence-corrected chi connectivity index (χ4v) is 3.23. The summed E-state index contributed by atoms with van der Waals surface area (Å²) in [6, 6.07) is 7.97. The Balaban J connectivity index is 1.51. The Labute approximate surface area is 129 Å². The summed E-state index contributed by atoms with van der Waals surface area (Å²) >= 11 is 7.74. The molecule has 1 aliphatic rings. The zero-order valence-electron chi connectivity index (χ0n) is 11.5. The highest BCUT2D eigenvalue weighted by Crippen LogP contribution is 2.16. The molecule has 5 heteroatoms. The van der Waals surface area contributed by atoms with Crippen LogP contribution in [0.1, 0.15) is 18.4 Å². The molecule has 0 radical (unpaired) electrons. The lowest BCUT2D eigenvalue weighted by molar-refractivity contribution is -0.124. The predicted octanol–water partition coefficient (Wildman–Crippen LogP) is 2.69. The maximum Gasteiger partial charge on any atom is 0.224 e. The molecule has 20 heavy (non-hydrogen) atoms. The van der Waals surface area contributed by atoms with Gasteiger partial charge in [-0.05, 0) is 42.8 Å². The van der Waals surface area contributed by atoms with Crippen molar-refractivity contribution in [1.29, 1.82) is 0 Å². The van der Waals surface area contributed by atoms with Crippen LogP contribution in [0.3, 0.4) is 0 Å². The Hall–Kier alpha value is -0.710. The first-order valence-corrected chi connectivity index (χ1v) is 8.59. The molecule has 1 fully saturated rings.